The van der Waals surface area contributed by atoms with Crippen molar-refractivity contribution in [3.05, 3.63) is 239 Å². The van der Waals surface area contributed by atoms with Crippen molar-refractivity contribution >= 4 is 44.4 Å². The van der Waals surface area contributed by atoms with Crippen molar-refractivity contribution < 1.29 is 0 Å². The maximum Gasteiger partial charge on any atom is 0.0579 e. The minimum Gasteiger partial charge on any atom is -0.313 e. The Balaban J connectivity index is 1.01. The molecule has 3 aliphatic carbocycles. The molecule has 2 heterocycles. The summed E-state index contributed by atoms with van der Waals surface area (Å²) in [5, 5.41) is 4.10. The van der Waals surface area contributed by atoms with Gasteiger partial charge in [-0.1, -0.05) is 152 Å². The Kier molecular flexibility index (Phi) is 8.40. The van der Waals surface area contributed by atoms with Crippen molar-refractivity contribution in [2.24, 2.45) is 0 Å². The topological polar surface area (TPSA) is 9.86 Å². The molecule has 0 amide bonds. The maximum absolute atomic E-state index is 2.66. The van der Waals surface area contributed by atoms with E-state index in [-0.39, 0.29) is 0 Å². The van der Waals surface area contributed by atoms with Crippen molar-refractivity contribution in [3.63, 3.8) is 0 Å². The van der Waals surface area contributed by atoms with Crippen molar-refractivity contribution in [1.29, 1.82) is 0 Å². The number of aromatic nitrogens is 2. The lowest BCUT2D eigenvalue weighted by Gasteiger charge is -2.31. The molecule has 9 aromatic carbocycles. The molecule has 0 saturated carbocycles. The number of nitrogens with zero attached hydrogens (tertiary/aromatic N) is 2. The average Bonchev–Trinajstić information content (AvgIpc) is 3.90. The molecule has 0 N–H and O–H groups in total. The predicted molar refractivity (Wildman–Crippen MR) is 277 cm³/mol. The lowest BCUT2D eigenvalue weighted by Crippen LogP contribution is -2.16. The molecule has 0 fully saturated rings. The van der Waals surface area contributed by atoms with Crippen LogP contribution in [0.15, 0.2) is 200 Å². The van der Waals surface area contributed by atoms with E-state index in [1.807, 2.05) is 0 Å². The van der Waals surface area contributed by atoms with Gasteiger partial charge < -0.3 is 9.13 Å². The first-order valence-corrected chi connectivity index (χ1v) is 23.7. The average molecular weight is 843 g/mol. The van der Waals surface area contributed by atoms with Gasteiger partial charge in [-0.25, -0.2) is 0 Å². The Bertz CT molecular complexity index is 3770. The maximum atomic E-state index is 2.66. The van der Waals surface area contributed by atoms with Gasteiger partial charge in [0.15, 0.2) is 0 Å². The number of hydrogen-bond acceptors (Lipinski definition) is 0. The summed E-state index contributed by atoms with van der Waals surface area (Å²) in [6, 6.07) is 74.3. The van der Waals surface area contributed by atoms with E-state index >= 15 is 0 Å². The third kappa shape index (κ3) is 5.61. The number of benzene rings is 9. The summed E-state index contributed by atoms with van der Waals surface area (Å²) in [5.41, 5.74) is 28.7. The Morgan fingerprint density at radius 2 is 0.818 bits per heavy atom. The summed E-state index contributed by atoms with van der Waals surface area (Å²) >= 11 is 0. The highest BCUT2D eigenvalue weighted by Gasteiger charge is 2.34. The number of allylic oxidation sites excluding steroid dienone is 1. The van der Waals surface area contributed by atoms with Crippen LogP contribution in [0.5, 0.6) is 0 Å². The first kappa shape index (κ1) is 37.4. The fraction of sp³-hybridized carbons (Fsp3) is 0.0938. The standard InChI is InChI=1S/C64H46N2/c1-5-17-41(18-6-1)49-25-13-15-27-51(49)43-31-35-59-55(37-43)57-39-45-29-30-46-40-58-56-38-44(52-28-16-14-26-50(52)42-19-7-2-8-20-42)32-36-60(56)66(48-23-11-4-12-24-48)64(58)54-34-33-53(61(45)62(46)54)63(57)65(59)47-21-9-3-10-22-47/h1-28,31,35,37-40H,29-30,32-34,36H2. The quantitative estimate of drug-likeness (QED) is 0.158. The molecule has 2 heteroatoms. The van der Waals surface area contributed by atoms with Gasteiger partial charge in [-0.3, -0.25) is 0 Å². The molecule has 0 radical (unpaired) electrons. The molecule has 312 valence electrons. The molecule has 14 rings (SSSR count). The van der Waals surface area contributed by atoms with E-state index in [0.29, 0.717) is 0 Å². The monoisotopic (exact) mass is 842 g/mol. The fourth-order valence-electron chi connectivity index (χ4n) is 12.2. The zero-order chi connectivity index (χ0) is 43.3. The van der Waals surface area contributed by atoms with Crippen LogP contribution in [0.2, 0.25) is 0 Å². The largest absolute Gasteiger partial charge is 0.313 e. The number of fused-ring (bicyclic) bond motifs is 8. The lowest BCUT2D eigenvalue weighted by molar-refractivity contribution is 0.870. The Labute approximate surface area is 385 Å². The van der Waals surface area contributed by atoms with E-state index in [2.05, 4.69) is 215 Å². The van der Waals surface area contributed by atoms with E-state index in [0.717, 1.165) is 38.5 Å². The predicted octanol–water partition coefficient (Wildman–Crippen LogP) is 16.1. The third-order valence-electron chi connectivity index (χ3n) is 15.0. The van der Waals surface area contributed by atoms with Crippen LogP contribution in [-0.4, -0.2) is 9.13 Å². The number of hydrogen-bond donors (Lipinski definition) is 0. The highest BCUT2D eigenvalue weighted by molar-refractivity contribution is 6.15. The van der Waals surface area contributed by atoms with Gasteiger partial charge >= 0.3 is 0 Å². The summed E-state index contributed by atoms with van der Waals surface area (Å²) < 4.78 is 5.24. The summed E-state index contributed by atoms with van der Waals surface area (Å²) in [7, 11) is 0. The van der Waals surface area contributed by atoms with Crippen LogP contribution >= 0.6 is 0 Å². The van der Waals surface area contributed by atoms with Gasteiger partial charge in [0, 0.05) is 38.8 Å². The van der Waals surface area contributed by atoms with Crippen molar-refractivity contribution in [2.45, 2.75) is 38.5 Å². The number of para-hydroxylation sites is 2. The van der Waals surface area contributed by atoms with Crippen LogP contribution in [0.3, 0.4) is 0 Å². The molecular formula is C64H46N2. The van der Waals surface area contributed by atoms with Gasteiger partial charge in [0.2, 0.25) is 0 Å². The van der Waals surface area contributed by atoms with Gasteiger partial charge in [0.1, 0.15) is 0 Å². The minimum atomic E-state index is 0.994. The van der Waals surface area contributed by atoms with E-state index in [1.54, 1.807) is 0 Å². The second-order valence-corrected chi connectivity index (χ2v) is 18.5. The van der Waals surface area contributed by atoms with Gasteiger partial charge in [-0.15, -0.1) is 0 Å². The fourth-order valence-corrected chi connectivity index (χ4v) is 12.2. The lowest BCUT2D eigenvalue weighted by atomic mass is 9.73. The van der Waals surface area contributed by atoms with Gasteiger partial charge in [0.05, 0.1) is 16.6 Å². The van der Waals surface area contributed by atoms with Crippen molar-refractivity contribution in [3.8, 4) is 55.9 Å². The minimum absolute atomic E-state index is 0.994. The zero-order valence-corrected chi connectivity index (χ0v) is 36.8. The zero-order valence-electron chi connectivity index (χ0n) is 36.8. The van der Waals surface area contributed by atoms with Gasteiger partial charge in [0.25, 0.3) is 0 Å². The van der Waals surface area contributed by atoms with E-state index in [9.17, 15) is 0 Å². The van der Waals surface area contributed by atoms with Crippen molar-refractivity contribution in [2.75, 3.05) is 0 Å². The molecule has 0 atom stereocenters. The van der Waals surface area contributed by atoms with Crippen LogP contribution < -0.4 is 0 Å². The molecule has 0 unspecified atom stereocenters. The Morgan fingerprint density at radius 1 is 0.333 bits per heavy atom. The Morgan fingerprint density at radius 3 is 1.42 bits per heavy atom. The van der Waals surface area contributed by atoms with Crippen LogP contribution in [0.1, 0.15) is 45.5 Å². The smallest absolute Gasteiger partial charge is 0.0579 e. The molecule has 2 aromatic heterocycles. The van der Waals surface area contributed by atoms with E-state index in [4.69, 9.17) is 0 Å². The highest BCUT2D eigenvalue weighted by Crippen LogP contribution is 2.52. The van der Waals surface area contributed by atoms with Crippen molar-refractivity contribution in [1.82, 2.24) is 9.13 Å². The molecule has 0 bridgehead atoms. The Hall–Kier alpha value is -7.94. The van der Waals surface area contributed by atoms with Gasteiger partial charge in [-0.2, -0.15) is 0 Å². The molecule has 0 saturated heterocycles. The normalized spacial score (nSPS) is 13.8. The van der Waals surface area contributed by atoms with E-state index < -0.39 is 0 Å². The van der Waals surface area contributed by atoms with Crippen LogP contribution in [0.25, 0.3) is 100 Å². The molecule has 0 spiro atoms. The number of rotatable bonds is 6. The second-order valence-electron chi connectivity index (χ2n) is 18.5. The number of aryl methyl sites for hydroxylation is 4. The summed E-state index contributed by atoms with van der Waals surface area (Å²) in [6.45, 7) is 0. The highest BCUT2D eigenvalue weighted by atomic mass is 15.0. The molecule has 11 aromatic rings. The molecule has 3 aliphatic rings. The molecule has 0 aliphatic heterocycles. The third-order valence-corrected chi connectivity index (χ3v) is 15.0. The molecule has 2 nitrogen and oxygen atoms in total. The second kappa shape index (κ2) is 14.8. The van der Waals surface area contributed by atoms with Crippen LogP contribution in [0.4, 0.5) is 0 Å². The van der Waals surface area contributed by atoms with E-state index in [1.165, 1.54) is 133 Å². The summed E-state index contributed by atoms with van der Waals surface area (Å²) in [6.07, 6.45) is 8.63. The SMILES string of the molecule is C1=C(c2ccccc2-c2ccccc2)CCc2c1c1cc3c4c(c1n2-c1ccccc1)CCc1c-4c(cc2c4cc(-c5ccccc5-c5ccccc5)ccc4n(-c4ccccc4)c12)CC3. The molecular weight excluding hydrogens is 797 g/mol. The van der Waals surface area contributed by atoms with Crippen LogP contribution in [0, 0.1) is 0 Å². The van der Waals surface area contributed by atoms with Gasteiger partial charge in [-0.05, 0) is 171 Å². The first-order valence-electron chi connectivity index (χ1n) is 23.7. The van der Waals surface area contributed by atoms with Crippen LogP contribution in [-0.2, 0) is 32.1 Å². The molecule has 66 heavy (non-hydrogen) atoms. The summed E-state index contributed by atoms with van der Waals surface area (Å²) in [4.78, 5) is 0. The first-order chi connectivity index (χ1) is 32.8. The summed E-state index contributed by atoms with van der Waals surface area (Å²) in [5.74, 6) is 0.